The maximum atomic E-state index is 2.55. The number of benzene rings is 12. The molecule has 12 aromatic carbocycles. The standard InChI is InChI=1S/C68H52N2Si2/c1-71(2)63-33-16-12-29-59(63)69(60-30-13-17-34-64(60)71)47-38-40-56-57(43-47)67(53-28-20-24-46-23-8-9-25-49(46)53)55-39-37-48(70-61-31-14-18-35-65(61)72(3,4)66-36-19-15-32-62(66)70)44-58(55)68(56)54-42-41-50(45-21-6-5-7-22-45)51-26-10-11-27-52(51)54/h5-44H,1-4H3. The summed E-state index contributed by atoms with van der Waals surface area (Å²) in [6.45, 7) is 10.0. The largest absolute Gasteiger partial charge is 0.311 e. The lowest BCUT2D eigenvalue weighted by Crippen LogP contribution is -2.58. The van der Waals surface area contributed by atoms with Crippen molar-refractivity contribution >= 4 is 114 Å². The zero-order valence-corrected chi connectivity index (χ0v) is 43.0. The molecule has 342 valence electrons. The Bertz CT molecular complexity index is 4090. The minimum Gasteiger partial charge on any atom is -0.311 e. The molecule has 2 aliphatic rings. The van der Waals surface area contributed by atoms with Crippen molar-refractivity contribution in [3.8, 4) is 33.4 Å². The number of hydrogen-bond donors (Lipinski definition) is 0. The fourth-order valence-electron chi connectivity index (χ4n) is 12.8. The highest BCUT2D eigenvalue weighted by atomic mass is 28.3. The molecule has 12 aromatic rings. The van der Waals surface area contributed by atoms with E-state index in [0.717, 1.165) is 11.4 Å². The van der Waals surface area contributed by atoms with Gasteiger partial charge in [0.1, 0.15) is 16.1 Å². The molecule has 0 unspecified atom stereocenters. The Labute approximate surface area is 423 Å². The number of fused-ring (bicyclic) bond motifs is 8. The predicted octanol–water partition coefficient (Wildman–Crippen LogP) is 16.5. The van der Waals surface area contributed by atoms with Gasteiger partial charge in [-0.25, -0.2) is 0 Å². The quantitative estimate of drug-likeness (QED) is 0.125. The minimum atomic E-state index is -2.02. The van der Waals surface area contributed by atoms with Gasteiger partial charge in [0.25, 0.3) is 0 Å². The van der Waals surface area contributed by atoms with Crippen molar-refractivity contribution in [1.29, 1.82) is 0 Å². The molecular formula is C68H52N2Si2. The van der Waals surface area contributed by atoms with Crippen LogP contribution in [0, 0.1) is 0 Å². The predicted molar refractivity (Wildman–Crippen MR) is 316 cm³/mol. The van der Waals surface area contributed by atoms with Crippen LogP contribution < -0.4 is 30.5 Å². The summed E-state index contributed by atoms with van der Waals surface area (Å²) in [5.74, 6) is 0. The van der Waals surface area contributed by atoms with E-state index in [-0.39, 0.29) is 0 Å². The molecule has 0 atom stereocenters. The lowest BCUT2D eigenvalue weighted by molar-refractivity contribution is 1.29. The summed E-state index contributed by atoms with van der Waals surface area (Å²) in [4.78, 5) is 5.09. The molecule has 2 nitrogen and oxygen atoms in total. The van der Waals surface area contributed by atoms with E-state index >= 15 is 0 Å². The fourth-order valence-corrected chi connectivity index (χ4v) is 18.8. The van der Waals surface area contributed by atoms with E-state index in [1.165, 1.54) is 120 Å². The van der Waals surface area contributed by atoms with Crippen LogP contribution in [0.15, 0.2) is 243 Å². The van der Waals surface area contributed by atoms with E-state index in [1.807, 2.05) is 0 Å². The summed E-state index contributed by atoms with van der Waals surface area (Å²) in [5, 5.41) is 15.7. The molecule has 2 aliphatic heterocycles. The molecule has 0 aliphatic carbocycles. The third-order valence-corrected chi connectivity index (χ3v) is 23.3. The van der Waals surface area contributed by atoms with Crippen molar-refractivity contribution < 1.29 is 0 Å². The Kier molecular flexibility index (Phi) is 9.54. The molecule has 0 bridgehead atoms. The van der Waals surface area contributed by atoms with E-state index < -0.39 is 16.1 Å². The summed E-state index contributed by atoms with van der Waals surface area (Å²) in [6.07, 6.45) is 0. The molecule has 2 heterocycles. The maximum absolute atomic E-state index is 2.55. The highest BCUT2D eigenvalue weighted by molar-refractivity contribution is 7.03. The van der Waals surface area contributed by atoms with E-state index in [4.69, 9.17) is 0 Å². The second-order valence-electron chi connectivity index (χ2n) is 20.8. The number of hydrogen-bond acceptors (Lipinski definition) is 2. The molecule has 0 spiro atoms. The van der Waals surface area contributed by atoms with Gasteiger partial charge in [0.15, 0.2) is 0 Å². The van der Waals surface area contributed by atoms with Crippen LogP contribution in [0.3, 0.4) is 0 Å². The topological polar surface area (TPSA) is 6.48 Å². The van der Waals surface area contributed by atoms with Gasteiger partial charge in [-0.1, -0.05) is 220 Å². The van der Waals surface area contributed by atoms with Crippen LogP contribution in [0.5, 0.6) is 0 Å². The third-order valence-electron chi connectivity index (χ3n) is 16.2. The first-order valence-electron chi connectivity index (χ1n) is 25.3. The second kappa shape index (κ2) is 16.1. The van der Waals surface area contributed by atoms with Crippen molar-refractivity contribution in [2.24, 2.45) is 0 Å². The number of rotatable bonds is 5. The molecule has 72 heavy (non-hydrogen) atoms. The van der Waals surface area contributed by atoms with Crippen molar-refractivity contribution in [1.82, 2.24) is 0 Å². The zero-order chi connectivity index (χ0) is 48.3. The Hall–Kier alpha value is -8.29. The average Bonchev–Trinajstić information content (AvgIpc) is 3.42. The summed E-state index contributed by atoms with van der Waals surface area (Å²) >= 11 is 0. The van der Waals surface area contributed by atoms with Crippen molar-refractivity contribution in [2.75, 3.05) is 9.80 Å². The van der Waals surface area contributed by atoms with Crippen molar-refractivity contribution in [3.63, 3.8) is 0 Å². The highest BCUT2D eigenvalue weighted by Crippen LogP contribution is 2.51. The number of anilines is 6. The molecule has 0 fully saturated rings. The Morgan fingerprint density at radius 3 is 1.14 bits per heavy atom. The van der Waals surface area contributed by atoms with Crippen molar-refractivity contribution in [2.45, 2.75) is 26.2 Å². The van der Waals surface area contributed by atoms with E-state index in [2.05, 4.69) is 279 Å². The normalized spacial score (nSPS) is 14.3. The van der Waals surface area contributed by atoms with Gasteiger partial charge in [0.05, 0.1) is 0 Å². The zero-order valence-electron chi connectivity index (χ0n) is 41.0. The van der Waals surface area contributed by atoms with Gasteiger partial charge >= 0.3 is 0 Å². The third kappa shape index (κ3) is 6.25. The lowest BCUT2D eigenvalue weighted by atomic mass is 9.82. The first kappa shape index (κ1) is 42.6. The minimum absolute atomic E-state index is 1.16. The summed E-state index contributed by atoms with van der Waals surface area (Å²) < 4.78 is 0. The smallest absolute Gasteiger partial charge is 0.117 e. The van der Waals surface area contributed by atoms with Crippen LogP contribution in [0.1, 0.15) is 0 Å². The molecule has 14 rings (SSSR count). The lowest BCUT2D eigenvalue weighted by Gasteiger charge is -2.41. The maximum Gasteiger partial charge on any atom is 0.117 e. The Morgan fingerprint density at radius 1 is 0.264 bits per heavy atom. The van der Waals surface area contributed by atoms with E-state index in [0.29, 0.717) is 0 Å². The highest BCUT2D eigenvalue weighted by Gasteiger charge is 2.40. The van der Waals surface area contributed by atoms with Crippen LogP contribution in [0.4, 0.5) is 34.1 Å². The monoisotopic (exact) mass is 952 g/mol. The van der Waals surface area contributed by atoms with Crippen LogP contribution in [0.25, 0.3) is 76.5 Å². The van der Waals surface area contributed by atoms with Crippen LogP contribution in [0.2, 0.25) is 26.2 Å². The molecule has 0 N–H and O–H groups in total. The molecular weight excluding hydrogens is 901 g/mol. The summed E-state index contributed by atoms with van der Waals surface area (Å²) in [6, 6.07) is 91.8. The Balaban J connectivity index is 1.13. The van der Waals surface area contributed by atoms with Gasteiger partial charge in [0, 0.05) is 34.1 Å². The molecule has 0 amide bonds. The Morgan fingerprint density at radius 2 is 0.639 bits per heavy atom. The van der Waals surface area contributed by atoms with Crippen molar-refractivity contribution in [3.05, 3.63) is 243 Å². The van der Waals surface area contributed by atoms with Gasteiger partial charge in [-0.15, -0.1) is 0 Å². The van der Waals surface area contributed by atoms with Gasteiger partial charge in [-0.3, -0.25) is 0 Å². The number of para-hydroxylation sites is 4. The van der Waals surface area contributed by atoms with Gasteiger partial charge in [-0.2, -0.15) is 0 Å². The van der Waals surface area contributed by atoms with E-state index in [1.54, 1.807) is 0 Å². The summed E-state index contributed by atoms with van der Waals surface area (Å²) in [5.41, 5.74) is 14.8. The van der Waals surface area contributed by atoms with Crippen LogP contribution in [-0.2, 0) is 0 Å². The van der Waals surface area contributed by atoms with Crippen LogP contribution in [-0.4, -0.2) is 16.1 Å². The average molecular weight is 953 g/mol. The first-order chi connectivity index (χ1) is 35.3. The number of nitrogens with zero attached hydrogens (tertiary/aromatic N) is 2. The van der Waals surface area contributed by atoms with Gasteiger partial charge < -0.3 is 9.80 Å². The van der Waals surface area contributed by atoms with E-state index in [9.17, 15) is 0 Å². The molecule has 0 radical (unpaired) electrons. The SMILES string of the molecule is C[Si]1(C)c2ccccc2N(c2ccc3c(-c4ccc(-c5ccccc5)c5ccccc45)c4cc(N5c6ccccc6[Si](C)(C)c6ccccc65)ccc4c(-c4cccc5ccccc45)c3c2)c2ccccc21. The molecule has 0 saturated carbocycles. The fraction of sp³-hybridized carbons (Fsp3) is 0.0588. The summed E-state index contributed by atoms with van der Waals surface area (Å²) in [7, 11) is -4.03. The van der Waals surface area contributed by atoms with Gasteiger partial charge in [-0.05, 0) is 146 Å². The molecule has 4 heteroatoms. The second-order valence-corrected chi connectivity index (χ2v) is 29.5. The molecule has 0 saturated heterocycles. The molecule has 0 aromatic heterocycles. The van der Waals surface area contributed by atoms with Crippen LogP contribution >= 0.6 is 0 Å². The van der Waals surface area contributed by atoms with Gasteiger partial charge in [0.2, 0.25) is 0 Å². The first-order valence-corrected chi connectivity index (χ1v) is 31.3.